The van der Waals surface area contributed by atoms with Crippen LogP contribution in [0, 0.1) is 0 Å². The van der Waals surface area contributed by atoms with Crippen LogP contribution in [0.2, 0.25) is 0 Å². The molecular formula is C22H17F3N5O2+. The van der Waals surface area contributed by atoms with E-state index < -0.39 is 17.8 Å². The fraction of sp³-hybridized carbons (Fsp3) is 0.0909. The maximum absolute atomic E-state index is 12.8. The SMILES string of the molecule is O=C(Nc1cccc(C(F)(F)F)c1)Nc1c[n+](Cc2ccc(-c3cccnc3)cc2)no1. The molecule has 2 amide bonds. The van der Waals surface area contributed by atoms with Crippen molar-refractivity contribution in [3.8, 4) is 11.1 Å². The molecule has 0 aliphatic heterocycles. The van der Waals surface area contributed by atoms with Crippen LogP contribution in [-0.2, 0) is 12.7 Å². The quantitative estimate of drug-likeness (QED) is 0.440. The van der Waals surface area contributed by atoms with Crippen LogP contribution < -0.4 is 15.3 Å². The number of anilines is 2. The number of pyridine rings is 1. The highest BCUT2D eigenvalue weighted by Gasteiger charge is 2.30. The summed E-state index contributed by atoms with van der Waals surface area (Å²) in [6.07, 6.45) is 0.468. The summed E-state index contributed by atoms with van der Waals surface area (Å²) in [5, 5.41) is 8.57. The molecule has 2 aromatic heterocycles. The topological polar surface area (TPSA) is 83.9 Å². The van der Waals surface area contributed by atoms with E-state index in [2.05, 4.69) is 20.9 Å². The van der Waals surface area contributed by atoms with Gasteiger partial charge in [-0.3, -0.25) is 14.8 Å². The lowest BCUT2D eigenvalue weighted by molar-refractivity contribution is -0.754. The summed E-state index contributed by atoms with van der Waals surface area (Å²) in [6.45, 7) is 0.397. The number of urea groups is 1. The molecule has 0 unspecified atom stereocenters. The van der Waals surface area contributed by atoms with E-state index in [4.69, 9.17) is 4.52 Å². The number of halogens is 3. The Morgan fingerprint density at radius 3 is 2.53 bits per heavy atom. The summed E-state index contributed by atoms with van der Waals surface area (Å²) in [4.78, 5) is 16.2. The number of nitrogens with zero attached hydrogens (tertiary/aromatic N) is 3. The number of hydrogen-bond acceptors (Lipinski definition) is 4. The van der Waals surface area contributed by atoms with Gasteiger partial charge < -0.3 is 5.32 Å². The van der Waals surface area contributed by atoms with Gasteiger partial charge in [-0.15, -0.1) is 0 Å². The molecule has 162 valence electrons. The minimum absolute atomic E-state index is 0.00146. The average Bonchev–Trinajstić information content (AvgIpc) is 3.21. The molecular weight excluding hydrogens is 423 g/mol. The Bertz CT molecular complexity index is 1210. The number of aromatic nitrogens is 3. The summed E-state index contributed by atoms with van der Waals surface area (Å²) in [5.74, 6) is 0.0430. The number of rotatable bonds is 5. The van der Waals surface area contributed by atoms with Gasteiger partial charge >= 0.3 is 18.1 Å². The van der Waals surface area contributed by atoms with Gasteiger partial charge in [-0.05, 0) is 40.1 Å². The van der Waals surface area contributed by atoms with Crippen molar-refractivity contribution in [2.75, 3.05) is 10.6 Å². The number of carbonyl (C=O) groups excluding carboxylic acids is 1. The molecule has 0 radical (unpaired) electrons. The molecule has 4 aromatic rings. The zero-order valence-corrected chi connectivity index (χ0v) is 16.5. The molecule has 2 aromatic carbocycles. The highest BCUT2D eigenvalue weighted by Crippen LogP contribution is 2.30. The monoisotopic (exact) mass is 440 g/mol. The smallest absolute Gasteiger partial charge is 0.308 e. The van der Waals surface area contributed by atoms with E-state index in [0.29, 0.717) is 6.54 Å². The third kappa shape index (κ3) is 5.28. The first-order valence-corrected chi connectivity index (χ1v) is 9.48. The van der Waals surface area contributed by atoms with Crippen molar-refractivity contribution in [2.24, 2.45) is 0 Å². The number of alkyl halides is 3. The maximum atomic E-state index is 12.8. The zero-order valence-electron chi connectivity index (χ0n) is 16.5. The molecule has 0 saturated heterocycles. The fourth-order valence-electron chi connectivity index (χ4n) is 2.98. The van der Waals surface area contributed by atoms with Crippen molar-refractivity contribution in [3.05, 3.63) is 90.4 Å². The first-order valence-electron chi connectivity index (χ1n) is 9.48. The van der Waals surface area contributed by atoms with Crippen LogP contribution in [0.4, 0.5) is 29.5 Å². The Kier molecular flexibility index (Phi) is 5.84. The average molecular weight is 440 g/mol. The largest absolute Gasteiger partial charge is 0.416 e. The first kappa shape index (κ1) is 21.0. The van der Waals surface area contributed by atoms with Crippen LogP contribution in [0.5, 0.6) is 0 Å². The Hall–Kier alpha value is -4.21. The highest BCUT2D eigenvalue weighted by molar-refractivity contribution is 5.98. The van der Waals surface area contributed by atoms with Crippen LogP contribution in [0.15, 0.2) is 83.8 Å². The van der Waals surface area contributed by atoms with Gasteiger partial charge in [0.25, 0.3) is 6.20 Å². The van der Waals surface area contributed by atoms with Gasteiger partial charge in [0.15, 0.2) is 0 Å². The minimum Gasteiger partial charge on any atom is -0.308 e. The number of nitrogens with one attached hydrogen (secondary N) is 2. The standard InChI is InChI=1S/C22H16F3N5O2/c23-22(24,25)18-4-1-5-19(11-18)27-21(31)28-20-14-30(29-32-20)13-15-6-8-16(9-7-15)17-3-2-10-26-12-17/h1-12,14H,13H2,(H-,27,28,29,31)/p+1. The van der Waals surface area contributed by atoms with Gasteiger partial charge in [0.1, 0.15) is 0 Å². The van der Waals surface area contributed by atoms with Crippen molar-refractivity contribution in [1.29, 1.82) is 0 Å². The maximum Gasteiger partial charge on any atom is 0.416 e. The molecule has 0 bridgehead atoms. The molecule has 7 nitrogen and oxygen atoms in total. The molecule has 0 aliphatic carbocycles. The molecule has 4 rings (SSSR count). The van der Waals surface area contributed by atoms with Crippen molar-refractivity contribution in [1.82, 2.24) is 10.3 Å². The van der Waals surface area contributed by atoms with E-state index >= 15 is 0 Å². The Balaban J connectivity index is 1.35. The van der Waals surface area contributed by atoms with E-state index in [-0.39, 0.29) is 11.6 Å². The van der Waals surface area contributed by atoms with Gasteiger partial charge in [-0.2, -0.15) is 13.2 Å². The van der Waals surface area contributed by atoms with Crippen LogP contribution in [-0.4, -0.2) is 16.3 Å². The first-order chi connectivity index (χ1) is 15.4. The van der Waals surface area contributed by atoms with Crippen molar-refractivity contribution < 1.29 is 27.2 Å². The Morgan fingerprint density at radius 1 is 1.00 bits per heavy atom. The lowest BCUT2D eigenvalue weighted by Crippen LogP contribution is -2.35. The van der Waals surface area contributed by atoms with E-state index in [1.807, 2.05) is 36.4 Å². The summed E-state index contributed by atoms with van der Waals surface area (Å²) in [7, 11) is 0. The Morgan fingerprint density at radius 2 is 1.81 bits per heavy atom. The lowest BCUT2D eigenvalue weighted by Gasteiger charge is -2.09. The van der Waals surface area contributed by atoms with Crippen molar-refractivity contribution >= 4 is 17.6 Å². The van der Waals surface area contributed by atoms with E-state index in [9.17, 15) is 18.0 Å². The molecule has 0 atom stereocenters. The highest BCUT2D eigenvalue weighted by atomic mass is 19.4. The van der Waals surface area contributed by atoms with E-state index in [1.54, 1.807) is 12.4 Å². The van der Waals surface area contributed by atoms with Gasteiger partial charge in [0.05, 0.1) is 5.56 Å². The third-order valence-corrected chi connectivity index (χ3v) is 4.49. The summed E-state index contributed by atoms with van der Waals surface area (Å²) in [6, 6.07) is 15.2. The second kappa shape index (κ2) is 8.88. The number of amides is 2. The number of benzene rings is 2. The Labute approximate surface area is 180 Å². The summed E-state index contributed by atoms with van der Waals surface area (Å²) in [5.41, 5.74) is 2.13. The molecule has 0 fully saturated rings. The van der Waals surface area contributed by atoms with Crippen LogP contribution >= 0.6 is 0 Å². The van der Waals surface area contributed by atoms with Gasteiger partial charge in [0.2, 0.25) is 11.8 Å². The normalized spacial score (nSPS) is 11.2. The predicted molar refractivity (Wildman–Crippen MR) is 110 cm³/mol. The molecule has 2 heterocycles. The second-order valence-electron chi connectivity index (χ2n) is 6.86. The lowest BCUT2D eigenvalue weighted by atomic mass is 10.1. The fourth-order valence-corrected chi connectivity index (χ4v) is 2.98. The van der Waals surface area contributed by atoms with E-state index in [1.165, 1.54) is 23.0 Å². The van der Waals surface area contributed by atoms with Crippen LogP contribution in [0.1, 0.15) is 11.1 Å². The van der Waals surface area contributed by atoms with Crippen molar-refractivity contribution in [3.63, 3.8) is 0 Å². The second-order valence-corrected chi connectivity index (χ2v) is 6.86. The molecule has 10 heteroatoms. The molecule has 0 saturated carbocycles. The summed E-state index contributed by atoms with van der Waals surface area (Å²) >= 11 is 0. The number of hydrogen-bond donors (Lipinski definition) is 2. The minimum atomic E-state index is -4.50. The van der Waals surface area contributed by atoms with Gasteiger partial charge in [-0.1, -0.05) is 36.4 Å². The number of carbonyl (C=O) groups is 1. The van der Waals surface area contributed by atoms with E-state index in [0.717, 1.165) is 28.8 Å². The summed E-state index contributed by atoms with van der Waals surface area (Å²) < 4.78 is 44.9. The molecule has 0 spiro atoms. The molecule has 0 aliphatic rings. The van der Waals surface area contributed by atoms with Crippen molar-refractivity contribution in [2.45, 2.75) is 12.7 Å². The molecule has 32 heavy (non-hydrogen) atoms. The predicted octanol–water partition coefficient (Wildman–Crippen LogP) is 4.74. The van der Waals surface area contributed by atoms with Crippen LogP contribution in [0.3, 0.4) is 0 Å². The van der Waals surface area contributed by atoms with Crippen LogP contribution in [0.25, 0.3) is 11.1 Å². The van der Waals surface area contributed by atoms with Gasteiger partial charge in [-0.25, -0.2) is 4.79 Å². The molecule has 2 N–H and O–H groups in total. The van der Waals surface area contributed by atoms with Gasteiger partial charge in [0, 0.05) is 23.6 Å². The third-order valence-electron chi connectivity index (χ3n) is 4.49. The zero-order chi connectivity index (χ0) is 22.6.